The van der Waals surface area contributed by atoms with Crippen molar-refractivity contribution in [3.63, 3.8) is 0 Å². The van der Waals surface area contributed by atoms with Crippen LogP contribution in [0.3, 0.4) is 0 Å². The molecule has 0 fully saturated rings. The first-order valence-electron chi connectivity index (χ1n) is 2.99. The average Bonchev–Trinajstić information content (AvgIpc) is 1.97. The Morgan fingerprint density at radius 2 is 1.91 bits per heavy atom. The number of halogens is 2. The largest absolute Gasteiger partial charge is 0.396 e. The Bertz CT molecular complexity index is 275. The topological polar surface area (TPSA) is 46.2 Å². The van der Waals surface area contributed by atoms with Crippen molar-refractivity contribution < 1.29 is 13.9 Å². The zero-order valence-corrected chi connectivity index (χ0v) is 5.64. The molecule has 0 aliphatic carbocycles. The maximum absolute atomic E-state index is 12.6. The molecule has 0 radical (unpaired) electrons. The number of nitrogen functional groups attached to an aromatic ring is 1. The minimum atomic E-state index is -0.806. The Morgan fingerprint density at radius 1 is 1.27 bits per heavy atom. The minimum Gasteiger partial charge on any atom is -0.396 e. The van der Waals surface area contributed by atoms with E-state index >= 15 is 0 Å². The molecule has 1 aromatic carbocycles. The molecule has 1 aromatic rings. The fraction of sp³-hybridized carbons (Fsp3) is 0.143. The van der Waals surface area contributed by atoms with E-state index in [-0.39, 0.29) is 11.3 Å². The van der Waals surface area contributed by atoms with Crippen LogP contribution < -0.4 is 5.73 Å². The second-order valence-electron chi connectivity index (χ2n) is 2.12. The summed E-state index contributed by atoms with van der Waals surface area (Å²) in [6.45, 7) is -0.476. The SMILES string of the molecule is Nc1cc(CO)c(F)cc1F. The van der Waals surface area contributed by atoms with Crippen molar-refractivity contribution in [1.29, 1.82) is 0 Å². The number of nitrogens with two attached hydrogens (primary N) is 1. The van der Waals surface area contributed by atoms with Gasteiger partial charge < -0.3 is 10.8 Å². The van der Waals surface area contributed by atoms with Gasteiger partial charge in [0.1, 0.15) is 11.6 Å². The number of hydrogen-bond acceptors (Lipinski definition) is 2. The molecule has 2 nitrogen and oxygen atoms in total. The first-order chi connectivity index (χ1) is 5.15. The van der Waals surface area contributed by atoms with Crippen molar-refractivity contribution in [2.45, 2.75) is 6.61 Å². The van der Waals surface area contributed by atoms with Crippen molar-refractivity contribution in [3.05, 3.63) is 29.3 Å². The second kappa shape index (κ2) is 2.84. The van der Waals surface area contributed by atoms with E-state index in [0.29, 0.717) is 6.07 Å². The van der Waals surface area contributed by atoms with Gasteiger partial charge in [-0.25, -0.2) is 8.78 Å². The molecule has 0 saturated heterocycles. The zero-order valence-electron chi connectivity index (χ0n) is 5.64. The molecule has 3 N–H and O–H groups in total. The van der Waals surface area contributed by atoms with Gasteiger partial charge in [0, 0.05) is 11.6 Å². The summed E-state index contributed by atoms with van der Waals surface area (Å²) in [5, 5.41) is 8.52. The predicted molar refractivity (Wildman–Crippen MR) is 36.7 cm³/mol. The van der Waals surface area contributed by atoms with Crippen LogP contribution in [-0.4, -0.2) is 5.11 Å². The molecule has 0 unspecified atom stereocenters. The van der Waals surface area contributed by atoms with Gasteiger partial charge in [-0.3, -0.25) is 0 Å². The molecule has 1 rings (SSSR count). The van der Waals surface area contributed by atoms with E-state index in [1.165, 1.54) is 0 Å². The average molecular weight is 159 g/mol. The van der Waals surface area contributed by atoms with Crippen molar-refractivity contribution in [2.24, 2.45) is 0 Å². The van der Waals surface area contributed by atoms with Crippen LogP contribution >= 0.6 is 0 Å². The van der Waals surface area contributed by atoms with Crippen LogP contribution in [0.15, 0.2) is 12.1 Å². The Hall–Kier alpha value is -1.16. The Morgan fingerprint density at radius 3 is 2.45 bits per heavy atom. The molecular weight excluding hydrogens is 152 g/mol. The van der Waals surface area contributed by atoms with Gasteiger partial charge in [-0.2, -0.15) is 0 Å². The summed E-state index contributed by atoms with van der Waals surface area (Å²) in [7, 11) is 0. The first-order valence-corrected chi connectivity index (χ1v) is 2.99. The number of aliphatic hydroxyl groups excluding tert-OH is 1. The fourth-order valence-electron chi connectivity index (χ4n) is 0.734. The van der Waals surface area contributed by atoms with Gasteiger partial charge in [0.25, 0.3) is 0 Å². The normalized spacial score (nSPS) is 10.1. The lowest BCUT2D eigenvalue weighted by Gasteiger charge is -2.00. The summed E-state index contributed by atoms with van der Waals surface area (Å²) < 4.78 is 25.0. The lowest BCUT2D eigenvalue weighted by atomic mass is 10.2. The molecule has 0 bridgehead atoms. The van der Waals surface area contributed by atoms with E-state index in [9.17, 15) is 8.78 Å². The quantitative estimate of drug-likeness (QED) is 0.601. The van der Waals surface area contributed by atoms with Crippen molar-refractivity contribution in [1.82, 2.24) is 0 Å². The van der Waals surface area contributed by atoms with E-state index < -0.39 is 18.2 Å². The van der Waals surface area contributed by atoms with Gasteiger partial charge in [-0.15, -0.1) is 0 Å². The minimum absolute atomic E-state index is 0.00361. The van der Waals surface area contributed by atoms with E-state index in [0.717, 1.165) is 6.07 Å². The van der Waals surface area contributed by atoms with Gasteiger partial charge in [0.2, 0.25) is 0 Å². The van der Waals surface area contributed by atoms with E-state index in [4.69, 9.17) is 10.8 Å². The maximum Gasteiger partial charge on any atom is 0.149 e. The standard InChI is InChI=1S/C7H7F2NO/c8-5-2-6(9)7(10)1-4(5)3-11/h1-2,11H,3,10H2. The third-order valence-corrected chi connectivity index (χ3v) is 1.34. The van der Waals surface area contributed by atoms with Crippen LogP contribution in [0.1, 0.15) is 5.56 Å². The Labute approximate surface area is 62.3 Å². The molecule has 60 valence electrons. The van der Waals surface area contributed by atoms with Crippen LogP contribution in [0.5, 0.6) is 0 Å². The van der Waals surface area contributed by atoms with Gasteiger partial charge in [-0.05, 0) is 6.07 Å². The lowest BCUT2D eigenvalue weighted by molar-refractivity contribution is 0.275. The van der Waals surface area contributed by atoms with Gasteiger partial charge in [0.05, 0.1) is 12.3 Å². The Kier molecular flexibility index (Phi) is 2.05. The number of aliphatic hydroxyl groups is 1. The number of anilines is 1. The summed E-state index contributed by atoms with van der Waals surface area (Å²) in [5.41, 5.74) is 4.96. The zero-order chi connectivity index (χ0) is 8.43. The van der Waals surface area contributed by atoms with E-state index in [1.807, 2.05) is 0 Å². The summed E-state index contributed by atoms with van der Waals surface area (Å²) in [5.74, 6) is -1.58. The monoisotopic (exact) mass is 159 g/mol. The number of rotatable bonds is 1. The predicted octanol–water partition coefficient (Wildman–Crippen LogP) is 1.04. The number of benzene rings is 1. The molecule has 11 heavy (non-hydrogen) atoms. The molecule has 0 heterocycles. The highest BCUT2D eigenvalue weighted by Gasteiger charge is 2.05. The summed E-state index contributed by atoms with van der Waals surface area (Å²) in [4.78, 5) is 0. The molecule has 0 aromatic heterocycles. The molecule has 4 heteroatoms. The summed E-state index contributed by atoms with van der Waals surface area (Å²) >= 11 is 0. The smallest absolute Gasteiger partial charge is 0.149 e. The van der Waals surface area contributed by atoms with Gasteiger partial charge >= 0.3 is 0 Å². The molecule has 0 aliphatic heterocycles. The van der Waals surface area contributed by atoms with E-state index in [1.54, 1.807) is 0 Å². The summed E-state index contributed by atoms with van der Waals surface area (Å²) in [6, 6.07) is 1.73. The third-order valence-electron chi connectivity index (χ3n) is 1.34. The number of hydrogen-bond donors (Lipinski definition) is 2. The maximum atomic E-state index is 12.6. The highest BCUT2D eigenvalue weighted by molar-refractivity contribution is 5.42. The van der Waals surface area contributed by atoms with Crippen molar-refractivity contribution in [2.75, 3.05) is 5.73 Å². The third kappa shape index (κ3) is 1.46. The first kappa shape index (κ1) is 7.94. The molecular formula is C7H7F2NO. The van der Waals surface area contributed by atoms with Crippen LogP contribution in [0.4, 0.5) is 14.5 Å². The van der Waals surface area contributed by atoms with Crippen molar-refractivity contribution >= 4 is 5.69 Å². The van der Waals surface area contributed by atoms with Gasteiger partial charge in [-0.1, -0.05) is 0 Å². The Balaban J connectivity index is 3.21. The molecule has 0 spiro atoms. The molecule has 0 saturated carbocycles. The van der Waals surface area contributed by atoms with Crippen LogP contribution in [-0.2, 0) is 6.61 Å². The van der Waals surface area contributed by atoms with Crippen LogP contribution in [0, 0.1) is 11.6 Å². The van der Waals surface area contributed by atoms with Gasteiger partial charge in [0.15, 0.2) is 0 Å². The van der Waals surface area contributed by atoms with E-state index in [2.05, 4.69) is 0 Å². The lowest BCUT2D eigenvalue weighted by Crippen LogP contribution is -1.96. The molecule has 0 atom stereocenters. The summed E-state index contributed by atoms with van der Waals surface area (Å²) in [6.07, 6.45) is 0. The highest BCUT2D eigenvalue weighted by atomic mass is 19.1. The van der Waals surface area contributed by atoms with Crippen molar-refractivity contribution in [3.8, 4) is 0 Å². The second-order valence-corrected chi connectivity index (χ2v) is 2.12. The molecule has 0 aliphatic rings. The fourth-order valence-corrected chi connectivity index (χ4v) is 0.734. The molecule has 0 amide bonds. The highest BCUT2D eigenvalue weighted by Crippen LogP contribution is 2.15. The van der Waals surface area contributed by atoms with Crippen LogP contribution in [0.25, 0.3) is 0 Å². The van der Waals surface area contributed by atoms with Crippen LogP contribution in [0.2, 0.25) is 0 Å².